The summed E-state index contributed by atoms with van der Waals surface area (Å²) in [6, 6.07) is 5.85. The molecule has 4 heteroatoms. The summed E-state index contributed by atoms with van der Waals surface area (Å²) in [4.78, 5) is 11.3. The predicted molar refractivity (Wildman–Crippen MR) is 75.8 cm³/mol. The number of nitrogens with one attached hydrogen (secondary N) is 1. The smallest absolute Gasteiger partial charge is 0.219 e. The van der Waals surface area contributed by atoms with Crippen molar-refractivity contribution in [1.82, 2.24) is 5.32 Å². The van der Waals surface area contributed by atoms with Gasteiger partial charge < -0.3 is 14.8 Å². The van der Waals surface area contributed by atoms with Crippen LogP contribution in [0.15, 0.2) is 18.2 Å². The van der Waals surface area contributed by atoms with Crippen LogP contribution < -0.4 is 14.8 Å². The number of carbonyl (C=O) groups excluding carboxylic acids is 1. The second-order valence-electron chi connectivity index (χ2n) is 4.42. The Kier molecular flexibility index (Phi) is 6.79. The zero-order valence-electron chi connectivity index (χ0n) is 12.0. The first-order chi connectivity index (χ1) is 9.19. The second kappa shape index (κ2) is 8.40. The molecule has 19 heavy (non-hydrogen) atoms. The van der Waals surface area contributed by atoms with Crippen molar-refractivity contribution in [3.05, 3.63) is 23.8 Å². The summed E-state index contributed by atoms with van der Waals surface area (Å²) >= 11 is 0. The Morgan fingerprint density at radius 3 is 2.32 bits per heavy atom. The molecular weight excluding hydrogens is 242 g/mol. The van der Waals surface area contributed by atoms with Crippen molar-refractivity contribution < 1.29 is 14.3 Å². The molecule has 1 amide bonds. The number of benzene rings is 1. The Morgan fingerprint density at radius 1 is 1.16 bits per heavy atom. The van der Waals surface area contributed by atoms with Gasteiger partial charge >= 0.3 is 0 Å². The molecule has 4 nitrogen and oxygen atoms in total. The molecule has 0 heterocycles. The van der Waals surface area contributed by atoms with Gasteiger partial charge in [0.1, 0.15) is 11.5 Å². The van der Waals surface area contributed by atoms with Gasteiger partial charge in [-0.15, -0.1) is 0 Å². The van der Waals surface area contributed by atoms with Crippen molar-refractivity contribution >= 4 is 5.91 Å². The number of hydrogen-bond acceptors (Lipinski definition) is 3. The number of hydrogen-bond donors (Lipinski definition) is 1. The fourth-order valence-corrected chi connectivity index (χ4v) is 1.85. The summed E-state index contributed by atoms with van der Waals surface area (Å²) in [6.45, 7) is 2.71. The fourth-order valence-electron chi connectivity index (χ4n) is 1.85. The molecule has 1 aromatic carbocycles. The third-order valence-electron chi connectivity index (χ3n) is 2.85. The molecule has 0 atom stereocenters. The molecule has 0 spiro atoms. The van der Waals surface area contributed by atoms with Gasteiger partial charge in [0.25, 0.3) is 0 Å². The minimum Gasteiger partial charge on any atom is -0.497 e. The van der Waals surface area contributed by atoms with E-state index in [4.69, 9.17) is 9.47 Å². The highest BCUT2D eigenvalue weighted by Gasteiger charge is 2.03. The molecule has 0 aromatic heterocycles. The molecule has 1 N–H and O–H groups in total. The summed E-state index contributed by atoms with van der Waals surface area (Å²) in [5.41, 5.74) is 1.15. The van der Waals surface area contributed by atoms with Crippen molar-refractivity contribution in [1.29, 1.82) is 0 Å². The Labute approximate surface area is 115 Å². The van der Waals surface area contributed by atoms with E-state index >= 15 is 0 Å². The predicted octanol–water partition coefficient (Wildman–Crippen LogP) is 2.55. The maximum absolute atomic E-state index is 11.3. The van der Waals surface area contributed by atoms with E-state index in [0.717, 1.165) is 36.3 Å². The number of carbonyl (C=O) groups is 1. The Balaban J connectivity index is 2.42. The molecule has 0 aliphatic heterocycles. The molecule has 1 aromatic rings. The topological polar surface area (TPSA) is 47.6 Å². The van der Waals surface area contributed by atoms with Crippen LogP contribution in [0.3, 0.4) is 0 Å². The monoisotopic (exact) mass is 265 g/mol. The van der Waals surface area contributed by atoms with Gasteiger partial charge in [0.15, 0.2) is 0 Å². The van der Waals surface area contributed by atoms with E-state index in [2.05, 4.69) is 5.32 Å². The van der Waals surface area contributed by atoms with Crippen molar-refractivity contribution in [2.24, 2.45) is 0 Å². The molecule has 0 radical (unpaired) electrons. The maximum Gasteiger partial charge on any atom is 0.219 e. The lowest BCUT2D eigenvalue weighted by atomic mass is 10.1. The van der Waals surface area contributed by atoms with Gasteiger partial charge in [0.2, 0.25) is 5.91 Å². The molecule has 106 valence electrons. The number of ether oxygens (including phenoxy) is 2. The van der Waals surface area contributed by atoms with E-state index in [1.54, 1.807) is 14.2 Å². The van der Waals surface area contributed by atoms with Gasteiger partial charge in [0, 0.05) is 19.0 Å². The SMILES string of the molecule is CCCC(=O)NCCCc1cc(OC)cc(OC)c1. The highest BCUT2D eigenvalue weighted by molar-refractivity contribution is 5.75. The van der Waals surface area contributed by atoms with Crippen molar-refractivity contribution in [2.45, 2.75) is 32.6 Å². The molecule has 1 rings (SSSR count). The molecule has 0 unspecified atom stereocenters. The average molecular weight is 265 g/mol. The van der Waals surface area contributed by atoms with Crippen LogP contribution in [0.5, 0.6) is 11.5 Å². The average Bonchev–Trinajstić information content (AvgIpc) is 2.43. The first-order valence-corrected chi connectivity index (χ1v) is 6.68. The van der Waals surface area contributed by atoms with Gasteiger partial charge in [-0.1, -0.05) is 6.92 Å². The molecule has 0 bridgehead atoms. The summed E-state index contributed by atoms with van der Waals surface area (Å²) in [5, 5.41) is 2.91. The van der Waals surface area contributed by atoms with Crippen LogP contribution >= 0.6 is 0 Å². The molecular formula is C15H23NO3. The van der Waals surface area contributed by atoms with Crippen molar-refractivity contribution in [3.63, 3.8) is 0 Å². The summed E-state index contributed by atoms with van der Waals surface area (Å²) in [7, 11) is 3.28. The minimum absolute atomic E-state index is 0.130. The molecule has 0 fully saturated rings. The number of methoxy groups -OCH3 is 2. The van der Waals surface area contributed by atoms with E-state index in [1.807, 2.05) is 25.1 Å². The second-order valence-corrected chi connectivity index (χ2v) is 4.42. The lowest BCUT2D eigenvalue weighted by Gasteiger charge is -2.09. The quantitative estimate of drug-likeness (QED) is 0.735. The normalized spacial score (nSPS) is 10.1. The molecule has 0 saturated carbocycles. The van der Waals surface area contributed by atoms with Crippen LogP contribution in [0.1, 0.15) is 31.7 Å². The Bertz CT molecular complexity index is 382. The van der Waals surface area contributed by atoms with Gasteiger partial charge in [-0.25, -0.2) is 0 Å². The minimum atomic E-state index is 0.130. The van der Waals surface area contributed by atoms with Crippen LogP contribution in [-0.4, -0.2) is 26.7 Å². The first kappa shape index (κ1) is 15.3. The van der Waals surface area contributed by atoms with Crippen LogP contribution in [0.25, 0.3) is 0 Å². The molecule has 0 aliphatic rings. The van der Waals surface area contributed by atoms with Crippen LogP contribution in [0.2, 0.25) is 0 Å². The Morgan fingerprint density at radius 2 is 1.79 bits per heavy atom. The third kappa shape index (κ3) is 5.64. The van der Waals surface area contributed by atoms with Crippen molar-refractivity contribution in [2.75, 3.05) is 20.8 Å². The third-order valence-corrected chi connectivity index (χ3v) is 2.85. The summed E-state index contributed by atoms with van der Waals surface area (Å²) < 4.78 is 10.4. The highest BCUT2D eigenvalue weighted by atomic mass is 16.5. The van der Waals surface area contributed by atoms with Gasteiger partial charge in [-0.05, 0) is 37.0 Å². The lowest BCUT2D eigenvalue weighted by molar-refractivity contribution is -0.121. The van der Waals surface area contributed by atoms with E-state index in [9.17, 15) is 4.79 Å². The lowest BCUT2D eigenvalue weighted by Crippen LogP contribution is -2.24. The van der Waals surface area contributed by atoms with Gasteiger partial charge in [-0.3, -0.25) is 4.79 Å². The fraction of sp³-hybridized carbons (Fsp3) is 0.533. The highest BCUT2D eigenvalue weighted by Crippen LogP contribution is 2.23. The van der Waals surface area contributed by atoms with Crippen LogP contribution in [-0.2, 0) is 11.2 Å². The number of amides is 1. The van der Waals surface area contributed by atoms with Gasteiger partial charge in [0.05, 0.1) is 14.2 Å². The van der Waals surface area contributed by atoms with Crippen LogP contribution in [0, 0.1) is 0 Å². The van der Waals surface area contributed by atoms with E-state index in [0.29, 0.717) is 13.0 Å². The van der Waals surface area contributed by atoms with Crippen molar-refractivity contribution in [3.8, 4) is 11.5 Å². The van der Waals surface area contributed by atoms with E-state index in [-0.39, 0.29) is 5.91 Å². The zero-order valence-corrected chi connectivity index (χ0v) is 12.0. The van der Waals surface area contributed by atoms with Gasteiger partial charge in [-0.2, -0.15) is 0 Å². The number of aryl methyl sites for hydroxylation is 1. The largest absolute Gasteiger partial charge is 0.497 e. The zero-order chi connectivity index (χ0) is 14.1. The maximum atomic E-state index is 11.3. The number of rotatable bonds is 8. The summed E-state index contributed by atoms with van der Waals surface area (Å²) in [5.74, 6) is 1.72. The van der Waals surface area contributed by atoms with E-state index in [1.165, 1.54) is 0 Å². The first-order valence-electron chi connectivity index (χ1n) is 6.68. The standard InChI is InChI=1S/C15H23NO3/c1-4-6-15(17)16-8-5-7-12-9-13(18-2)11-14(10-12)19-3/h9-11H,4-8H2,1-3H3,(H,16,17). The van der Waals surface area contributed by atoms with Crippen LogP contribution in [0.4, 0.5) is 0 Å². The Hall–Kier alpha value is -1.71. The molecule has 0 saturated heterocycles. The van der Waals surface area contributed by atoms with E-state index < -0.39 is 0 Å². The summed E-state index contributed by atoms with van der Waals surface area (Å²) in [6.07, 6.45) is 3.29. The molecule has 0 aliphatic carbocycles.